The van der Waals surface area contributed by atoms with E-state index in [1.54, 1.807) is 6.08 Å². The number of aliphatic hydroxyl groups excluding tert-OH is 1. The van der Waals surface area contributed by atoms with E-state index in [1.165, 1.54) is 24.0 Å². The standard InChI is InChI=1S/C17H24O3.C15H20O2.C12H20O4.C12H18O4.C10H18O3.C8H12O3/c1-2-4-16(5-3-1)14-18-11-8-15-6-9-17(10-7-15)19-12-13-20-17;16-15-8-6-13(7-9-15)10-11-17-12-14-4-2-1-3-5-14;2*1-2-14-11(13)9-10-3-5-12(6-4-10)15-7-8-16-12;11-6-3-9-1-4-10(5-2-9)12-7-8-13-10;9-7-1-3-8(4-2-7)10-5-6-11-8/h1-5,15H,6-14H2;1-5,13H,6-12H2;10H,2-9H2,1H3;9H,2-8H2,1H3;9,11H,1-8H2;1-6H2. The minimum atomic E-state index is -0.367. The maximum Gasteiger partial charge on any atom is 0.330 e. The number of rotatable bonds is 17. The number of carbonyl (C=O) groups excluding carboxylic acids is 4. The molecule has 13 rings (SSSR count). The van der Waals surface area contributed by atoms with Crippen LogP contribution in [-0.2, 0) is 98.7 Å². The SMILES string of the molecule is CCOC(=O)C=C1CCC2(CC1)OCCO2.CCOC(=O)CC1CCC2(CC1)OCCO2.O=C1CCC(CCOCc2ccccc2)CC1.O=C1CCC2(CC1)OCCO2.OCCC1CCC2(CC1)OCCO2.c1ccc(COCCC2CCC3(CC2)OCCO3)cc1. The van der Waals surface area contributed by atoms with E-state index in [4.69, 9.17) is 71.4 Å². The van der Waals surface area contributed by atoms with Crippen molar-refractivity contribution in [2.75, 3.05) is 99.1 Å². The van der Waals surface area contributed by atoms with Crippen molar-refractivity contribution >= 4 is 23.5 Å². The molecular formula is C74H112O19. The molecule has 2 aromatic carbocycles. The van der Waals surface area contributed by atoms with Gasteiger partial charge in [-0.3, -0.25) is 14.4 Å². The van der Waals surface area contributed by atoms with Crippen LogP contribution in [0.4, 0.5) is 0 Å². The molecule has 522 valence electrons. The number of aliphatic hydroxyl groups is 1. The van der Waals surface area contributed by atoms with Crippen LogP contribution in [-0.4, -0.2) is 157 Å². The molecule has 6 aliphatic carbocycles. The average molecular weight is 1310 g/mol. The fourth-order valence-electron chi connectivity index (χ4n) is 14.4. The molecule has 0 amide bonds. The van der Waals surface area contributed by atoms with E-state index >= 15 is 0 Å². The molecule has 1 N–H and O–H groups in total. The monoisotopic (exact) mass is 1300 g/mol. The third kappa shape index (κ3) is 26.0. The van der Waals surface area contributed by atoms with Gasteiger partial charge >= 0.3 is 11.9 Å². The molecule has 6 saturated carbocycles. The Hall–Kier alpha value is -4.06. The van der Waals surface area contributed by atoms with Gasteiger partial charge in [0.2, 0.25) is 0 Å². The first-order valence-electron chi connectivity index (χ1n) is 35.6. The molecule has 2 aromatic rings. The van der Waals surface area contributed by atoms with Crippen LogP contribution in [0.25, 0.3) is 0 Å². The van der Waals surface area contributed by atoms with Crippen LogP contribution in [0.5, 0.6) is 0 Å². The maximum absolute atomic E-state index is 11.3. The van der Waals surface area contributed by atoms with E-state index in [0.29, 0.717) is 115 Å². The van der Waals surface area contributed by atoms with Gasteiger partial charge < -0.3 is 71.4 Å². The number of hydrogen-bond donors (Lipinski definition) is 1. The quantitative estimate of drug-likeness (QED) is 0.0884. The van der Waals surface area contributed by atoms with Crippen molar-refractivity contribution < 1.29 is 90.6 Å². The first kappa shape index (κ1) is 74.7. The number of hydrogen-bond acceptors (Lipinski definition) is 19. The van der Waals surface area contributed by atoms with Crippen LogP contribution in [0.2, 0.25) is 0 Å². The number of allylic oxidation sites excluding steroid dienone is 1. The predicted octanol–water partition coefficient (Wildman–Crippen LogP) is 12.7. The van der Waals surface area contributed by atoms with E-state index in [0.717, 1.165) is 205 Å². The Morgan fingerprint density at radius 1 is 0.430 bits per heavy atom. The molecule has 0 unspecified atom stereocenters. The number of ketones is 2. The molecule has 0 bridgehead atoms. The van der Waals surface area contributed by atoms with Crippen LogP contribution in [0.1, 0.15) is 205 Å². The van der Waals surface area contributed by atoms with Crippen molar-refractivity contribution in [1.29, 1.82) is 0 Å². The fourth-order valence-corrected chi connectivity index (χ4v) is 14.4. The van der Waals surface area contributed by atoms with Crippen LogP contribution in [0.3, 0.4) is 0 Å². The highest BCUT2D eigenvalue weighted by atomic mass is 16.8. The Kier molecular flexibility index (Phi) is 32.1. The van der Waals surface area contributed by atoms with Crippen molar-refractivity contribution in [3.63, 3.8) is 0 Å². The fraction of sp³-hybridized carbons (Fsp3) is 0.757. The maximum atomic E-state index is 11.3. The molecule has 93 heavy (non-hydrogen) atoms. The second kappa shape index (κ2) is 40.0. The molecule has 5 saturated heterocycles. The summed E-state index contributed by atoms with van der Waals surface area (Å²) >= 11 is 0. The van der Waals surface area contributed by atoms with Gasteiger partial charge in [-0.05, 0) is 132 Å². The zero-order chi connectivity index (χ0) is 65.3. The third-order valence-electron chi connectivity index (χ3n) is 20.0. The molecule has 0 aromatic heterocycles. The lowest BCUT2D eigenvalue weighted by Crippen LogP contribution is -2.35. The molecule has 11 fully saturated rings. The molecule has 19 heteroatoms. The Balaban J connectivity index is 0.000000145. The minimum absolute atomic E-state index is 0.0725. The highest BCUT2D eigenvalue weighted by molar-refractivity contribution is 5.82. The highest BCUT2D eigenvalue weighted by Gasteiger charge is 2.44. The van der Waals surface area contributed by atoms with Crippen molar-refractivity contribution in [2.45, 2.75) is 236 Å². The average Bonchev–Trinajstić information content (AvgIpc) is 3.10. The highest BCUT2D eigenvalue weighted by Crippen LogP contribution is 2.43. The largest absolute Gasteiger partial charge is 0.466 e. The Bertz CT molecular complexity index is 2410. The lowest BCUT2D eigenvalue weighted by Gasteiger charge is -2.35. The second-order valence-corrected chi connectivity index (χ2v) is 26.6. The zero-order valence-electron chi connectivity index (χ0n) is 56.3. The summed E-state index contributed by atoms with van der Waals surface area (Å²) in [7, 11) is 0. The van der Waals surface area contributed by atoms with Gasteiger partial charge in [-0.15, -0.1) is 0 Å². The summed E-state index contributed by atoms with van der Waals surface area (Å²) in [5, 5.41) is 8.81. The van der Waals surface area contributed by atoms with Crippen LogP contribution < -0.4 is 0 Å². The van der Waals surface area contributed by atoms with Gasteiger partial charge in [0, 0.05) is 122 Å². The number of benzene rings is 2. The molecule has 11 aliphatic rings. The van der Waals surface area contributed by atoms with Gasteiger partial charge in [-0.25, -0.2) is 4.79 Å². The van der Waals surface area contributed by atoms with Crippen LogP contribution in [0.15, 0.2) is 72.3 Å². The summed E-state index contributed by atoms with van der Waals surface area (Å²) in [6.45, 7) is 15.2. The van der Waals surface area contributed by atoms with Crippen molar-refractivity contribution in [2.24, 2.45) is 23.7 Å². The number of Topliss-reactive ketones (excluding diaryl/α,β-unsaturated/α-hetero) is 2. The Morgan fingerprint density at radius 3 is 1.14 bits per heavy atom. The summed E-state index contributed by atoms with van der Waals surface area (Å²) in [5.74, 6) is 1.58. The summed E-state index contributed by atoms with van der Waals surface area (Å²) in [6, 6.07) is 20.6. The smallest absolute Gasteiger partial charge is 0.330 e. The van der Waals surface area contributed by atoms with E-state index in [2.05, 4.69) is 36.4 Å². The third-order valence-corrected chi connectivity index (χ3v) is 20.0. The number of ether oxygens (including phenoxy) is 14. The number of esters is 2. The Morgan fingerprint density at radius 2 is 0.763 bits per heavy atom. The summed E-state index contributed by atoms with van der Waals surface area (Å²) in [5.41, 5.74) is 3.62. The van der Waals surface area contributed by atoms with E-state index in [1.807, 2.05) is 38.1 Å². The first-order valence-corrected chi connectivity index (χ1v) is 35.6. The molecule has 5 aliphatic heterocycles. The van der Waals surface area contributed by atoms with Gasteiger partial charge in [0.25, 0.3) is 0 Å². The molecule has 19 nitrogen and oxygen atoms in total. The summed E-state index contributed by atoms with van der Waals surface area (Å²) in [6.07, 6.45) is 27.9. The van der Waals surface area contributed by atoms with E-state index in [9.17, 15) is 19.2 Å². The lowest BCUT2D eigenvalue weighted by molar-refractivity contribution is -0.184. The van der Waals surface area contributed by atoms with Gasteiger partial charge in [0.1, 0.15) is 11.6 Å². The Labute approximate surface area is 553 Å². The molecule has 5 heterocycles. The lowest BCUT2D eigenvalue weighted by atomic mass is 9.83. The molecule has 0 atom stereocenters. The molecule has 0 radical (unpaired) electrons. The van der Waals surface area contributed by atoms with Gasteiger partial charge in [0.05, 0.1) is 92.5 Å². The van der Waals surface area contributed by atoms with E-state index in [-0.39, 0.29) is 40.9 Å². The second-order valence-electron chi connectivity index (χ2n) is 26.6. The van der Waals surface area contributed by atoms with Crippen molar-refractivity contribution in [3.8, 4) is 0 Å². The zero-order valence-corrected chi connectivity index (χ0v) is 56.3. The minimum Gasteiger partial charge on any atom is -0.466 e. The number of carbonyl (C=O) groups is 4. The van der Waals surface area contributed by atoms with Crippen LogP contribution >= 0.6 is 0 Å². The molecule has 5 spiro atoms. The van der Waals surface area contributed by atoms with Crippen molar-refractivity contribution in [3.05, 3.63) is 83.4 Å². The summed E-state index contributed by atoms with van der Waals surface area (Å²) in [4.78, 5) is 44.6. The first-order chi connectivity index (χ1) is 45.3. The normalized spacial score (nSPS) is 25.5. The molecular weight excluding hydrogens is 1190 g/mol. The van der Waals surface area contributed by atoms with Gasteiger partial charge in [-0.1, -0.05) is 66.2 Å². The van der Waals surface area contributed by atoms with Gasteiger partial charge in [-0.2, -0.15) is 0 Å². The van der Waals surface area contributed by atoms with Crippen molar-refractivity contribution in [1.82, 2.24) is 0 Å². The topological polar surface area (TPSA) is 218 Å². The van der Waals surface area contributed by atoms with E-state index < -0.39 is 0 Å². The van der Waals surface area contributed by atoms with Crippen LogP contribution in [0, 0.1) is 23.7 Å². The van der Waals surface area contributed by atoms with Gasteiger partial charge in [0.15, 0.2) is 28.9 Å². The summed E-state index contributed by atoms with van der Waals surface area (Å²) < 4.78 is 77.5. The predicted molar refractivity (Wildman–Crippen MR) is 347 cm³/mol.